The lowest BCUT2D eigenvalue weighted by molar-refractivity contribution is -0.145. The number of rotatable bonds is 7. The van der Waals surface area contributed by atoms with Crippen LogP contribution in [0.25, 0.3) is 0 Å². The Balaban J connectivity index is 3.63. The molecule has 0 aliphatic heterocycles. The lowest BCUT2D eigenvalue weighted by atomic mass is 9.97. The molecule has 0 saturated carbocycles. The van der Waals surface area contributed by atoms with Crippen LogP contribution in [0, 0.1) is 5.92 Å². The first-order valence-corrected chi connectivity index (χ1v) is 5.43. The highest BCUT2D eigenvalue weighted by Crippen LogP contribution is 2.14. The Kier molecular flexibility index (Phi) is 7.48. The molecule has 0 aromatic rings. The average Bonchev–Trinajstić information content (AvgIpc) is 2.03. The van der Waals surface area contributed by atoms with Crippen molar-refractivity contribution in [1.29, 1.82) is 0 Å². The maximum absolute atomic E-state index is 11.0. The molecular weight excluding hydrogens is 180 g/mol. The lowest BCUT2D eigenvalue weighted by Gasteiger charge is -2.14. The molecule has 0 rings (SSSR count). The largest absolute Gasteiger partial charge is 0.466 e. The van der Waals surface area contributed by atoms with Gasteiger partial charge in [0, 0.05) is 0 Å². The number of aliphatic hydroxyl groups is 1. The molecule has 0 spiro atoms. The van der Waals surface area contributed by atoms with Crippen LogP contribution in [-0.2, 0) is 9.53 Å². The van der Waals surface area contributed by atoms with Gasteiger partial charge in [0.15, 0.2) is 0 Å². The second-order valence-electron chi connectivity index (χ2n) is 3.79. The van der Waals surface area contributed by atoms with Gasteiger partial charge in [0.1, 0.15) is 0 Å². The van der Waals surface area contributed by atoms with Crippen LogP contribution < -0.4 is 0 Å². The first kappa shape index (κ1) is 13.4. The van der Waals surface area contributed by atoms with Crippen LogP contribution in [0.4, 0.5) is 0 Å². The Hall–Kier alpha value is -0.570. The Labute approximate surface area is 86.5 Å². The molecule has 0 amide bonds. The van der Waals surface area contributed by atoms with Crippen molar-refractivity contribution in [3.63, 3.8) is 0 Å². The highest BCUT2D eigenvalue weighted by Gasteiger charge is 2.14. The molecule has 2 atom stereocenters. The van der Waals surface area contributed by atoms with Gasteiger partial charge in [0.05, 0.1) is 19.1 Å². The van der Waals surface area contributed by atoms with Crippen LogP contribution >= 0.6 is 0 Å². The zero-order valence-electron chi connectivity index (χ0n) is 9.45. The van der Waals surface area contributed by atoms with Gasteiger partial charge in [-0.3, -0.25) is 4.79 Å². The van der Waals surface area contributed by atoms with E-state index >= 15 is 0 Å². The molecule has 0 bridgehead atoms. The number of ether oxygens (including phenoxy) is 1. The summed E-state index contributed by atoms with van der Waals surface area (Å²) in [5, 5.41) is 9.54. The summed E-state index contributed by atoms with van der Waals surface area (Å²) >= 11 is 0. The van der Waals surface area contributed by atoms with Crippen LogP contribution in [0.3, 0.4) is 0 Å². The van der Waals surface area contributed by atoms with Gasteiger partial charge in [-0.15, -0.1) is 0 Å². The van der Waals surface area contributed by atoms with Crippen molar-refractivity contribution < 1.29 is 14.6 Å². The van der Waals surface area contributed by atoms with Crippen molar-refractivity contribution in [3.8, 4) is 0 Å². The van der Waals surface area contributed by atoms with Gasteiger partial charge in [-0.1, -0.05) is 26.7 Å². The fourth-order valence-corrected chi connectivity index (χ4v) is 1.57. The number of esters is 1. The van der Waals surface area contributed by atoms with Gasteiger partial charge in [0.25, 0.3) is 0 Å². The molecular formula is C11H22O3. The maximum atomic E-state index is 11.0. The minimum Gasteiger partial charge on any atom is -0.466 e. The van der Waals surface area contributed by atoms with E-state index in [-0.39, 0.29) is 12.4 Å². The predicted molar refractivity (Wildman–Crippen MR) is 55.9 cm³/mol. The van der Waals surface area contributed by atoms with Crippen molar-refractivity contribution in [3.05, 3.63) is 0 Å². The molecule has 0 aromatic heterocycles. The third-order valence-electron chi connectivity index (χ3n) is 2.16. The quantitative estimate of drug-likeness (QED) is 0.643. The minimum atomic E-state index is -0.546. The third-order valence-corrected chi connectivity index (χ3v) is 2.16. The molecule has 0 heterocycles. The van der Waals surface area contributed by atoms with Gasteiger partial charge in [-0.2, -0.15) is 0 Å². The molecule has 0 saturated heterocycles. The Morgan fingerprint density at radius 2 is 2.07 bits per heavy atom. The number of hydrogen-bond acceptors (Lipinski definition) is 3. The normalized spacial score (nSPS) is 14.9. The topological polar surface area (TPSA) is 46.5 Å². The van der Waals surface area contributed by atoms with Crippen molar-refractivity contribution in [2.45, 2.75) is 52.6 Å². The highest BCUT2D eigenvalue weighted by molar-refractivity contribution is 5.69. The zero-order valence-corrected chi connectivity index (χ0v) is 9.45. The van der Waals surface area contributed by atoms with Crippen LogP contribution in [-0.4, -0.2) is 23.8 Å². The van der Waals surface area contributed by atoms with Gasteiger partial charge in [-0.25, -0.2) is 0 Å². The number of hydrogen-bond donors (Lipinski definition) is 1. The minimum absolute atomic E-state index is 0.127. The molecule has 0 unspecified atom stereocenters. The van der Waals surface area contributed by atoms with Gasteiger partial charge in [0.2, 0.25) is 0 Å². The second kappa shape index (κ2) is 7.80. The van der Waals surface area contributed by atoms with Gasteiger partial charge in [-0.05, 0) is 19.3 Å². The van der Waals surface area contributed by atoms with E-state index in [9.17, 15) is 9.90 Å². The third kappa shape index (κ3) is 6.89. The highest BCUT2D eigenvalue weighted by atomic mass is 16.5. The average molecular weight is 202 g/mol. The summed E-state index contributed by atoms with van der Waals surface area (Å²) in [6.45, 7) is 6.37. The van der Waals surface area contributed by atoms with Crippen LogP contribution in [0.15, 0.2) is 0 Å². The zero-order chi connectivity index (χ0) is 11.0. The van der Waals surface area contributed by atoms with Crippen LogP contribution in [0.1, 0.15) is 46.5 Å². The van der Waals surface area contributed by atoms with Crippen LogP contribution in [0.5, 0.6) is 0 Å². The van der Waals surface area contributed by atoms with E-state index in [1.165, 1.54) is 0 Å². The van der Waals surface area contributed by atoms with Crippen molar-refractivity contribution >= 4 is 5.97 Å². The summed E-state index contributed by atoms with van der Waals surface area (Å²) in [7, 11) is 0. The second-order valence-corrected chi connectivity index (χ2v) is 3.79. The first-order valence-electron chi connectivity index (χ1n) is 5.43. The van der Waals surface area contributed by atoms with E-state index in [1.807, 2.05) is 0 Å². The Morgan fingerprint density at radius 3 is 2.57 bits per heavy atom. The van der Waals surface area contributed by atoms with E-state index < -0.39 is 6.10 Å². The molecule has 0 aromatic carbocycles. The SMILES string of the molecule is CCC[C@@H](C)C[C@@H](O)CC(=O)OCC. The number of carbonyl (C=O) groups is 1. The number of carbonyl (C=O) groups excluding carboxylic acids is 1. The van der Waals surface area contributed by atoms with E-state index in [4.69, 9.17) is 4.74 Å². The summed E-state index contributed by atoms with van der Waals surface area (Å²) < 4.78 is 4.76. The molecule has 84 valence electrons. The molecule has 0 aliphatic carbocycles. The molecule has 3 heteroatoms. The summed E-state index contributed by atoms with van der Waals surface area (Å²) in [5.41, 5.74) is 0. The fraction of sp³-hybridized carbons (Fsp3) is 0.909. The van der Waals surface area contributed by atoms with Gasteiger partial charge < -0.3 is 9.84 Å². The monoisotopic (exact) mass is 202 g/mol. The first-order chi connectivity index (χ1) is 6.60. The number of aliphatic hydroxyl groups excluding tert-OH is 1. The summed E-state index contributed by atoms with van der Waals surface area (Å²) in [6, 6.07) is 0. The summed E-state index contributed by atoms with van der Waals surface area (Å²) in [4.78, 5) is 11.0. The summed E-state index contributed by atoms with van der Waals surface area (Å²) in [5.74, 6) is 0.174. The van der Waals surface area contributed by atoms with Gasteiger partial charge >= 0.3 is 5.97 Å². The van der Waals surface area contributed by atoms with E-state index in [0.717, 1.165) is 12.8 Å². The molecule has 0 radical (unpaired) electrons. The molecule has 0 aliphatic rings. The predicted octanol–water partition coefficient (Wildman–Crippen LogP) is 2.13. The smallest absolute Gasteiger partial charge is 0.308 e. The fourth-order valence-electron chi connectivity index (χ4n) is 1.57. The van der Waals surface area contributed by atoms with Crippen molar-refractivity contribution in [2.24, 2.45) is 5.92 Å². The molecule has 3 nitrogen and oxygen atoms in total. The summed E-state index contributed by atoms with van der Waals surface area (Å²) in [6.07, 6.45) is 2.48. The van der Waals surface area contributed by atoms with Crippen molar-refractivity contribution in [2.75, 3.05) is 6.61 Å². The molecule has 1 N–H and O–H groups in total. The molecule has 0 fully saturated rings. The standard InChI is InChI=1S/C11H22O3/c1-4-6-9(3)7-10(12)8-11(13)14-5-2/h9-10,12H,4-8H2,1-3H3/t9-,10-/m1/s1. The van der Waals surface area contributed by atoms with E-state index in [2.05, 4.69) is 13.8 Å². The Bertz CT molecular complexity index is 157. The van der Waals surface area contributed by atoms with E-state index in [1.54, 1.807) is 6.92 Å². The van der Waals surface area contributed by atoms with Crippen LogP contribution in [0.2, 0.25) is 0 Å². The molecule has 14 heavy (non-hydrogen) atoms. The lowest BCUT2D eigenvalue weighted by Crippen LogP contribution is -2.18. The Morgan fingerprint density at radius 1 is 1.43 bits per heavy atom. The van der Waals surface area contributed by atoms with Crippen molar-refractivity contribution in [1.82, 2.24) is 0 Å². The maximum Gasteiger partial charge on any atom is 0.308 e. The van der Waals surface area contributed by atoms with E-state index in [0.29, 0.717) is 18.9 Å².